The number of nitrogens with zero attached hydrogens (tertiary/aromatic N) is 1. The minimum atomic E-state index is -0.317. The lowest BCUT2D eigenvalue weighted by atomic mass is 10.1. The monoisotopic (exact) mass is 305 g/mol. The Kier molecular flexibility index (Phi) is 4.70. The van der Waals surface area contributed by atoms with Crippen LogP contribution in [-0.2, 0) is 4.79 Å². The van der Waals surface area contributed by atoms with Crippen LogP contribution in [0.4, 0.5) is 4.79 Å². The first-order valence-corrected chi connectivity index (χ1v) is 7.00. The first-order valence-electron chi connectivity index (χ1n) is 6.19. The molecule has 1 aliphatic heterocycles. The third kappa shape index (κ3) is 3.11. The van der Waals surface area contributed by atoms with Gasteiger partial charge in [0.25, 0.3) is 11.1 Å². The Morgan fingerprint density at radius 1 is 1.29 bits per heavy atom. The second-order valence-electron chi connectivity index (χ2n) is 4.19. The van der Waals surface area contributed by atoms with Gasteiger partial charge in [-0.2, -0.15) is 0 Å². The average molecular weight is 305 g/mol. The van der Waals surface area contributed by atoms with Gasteiger partial charge in [-0.25, -0.2) is 0 Å². The van der Waals surface area contributed by atoms with Gasteiger partial charge in [-0.05, 0) is 30.0 Å². The molecule has 21 heavy (non-hydrogen) atoms. The van der Waals surface area contributed by atoms with Crippen molar-refractivity contribution in [1.82, 2.24) is 4.90 Å². The molecule has 0 radical (unpaired) electrons. The molecule has 2 amide bonds. The topological polar surface area (TPSA) is 55.8 Å². The predicted octanol–water partition coefficient (Wildman–Crippen LogP) is 2.93. The number of benzene rings is 1. The molecule has 2 rings (SSSR count). The zero-order valence-electron chi connectivity index (χ0n) is 11.8. The number of amides is 2. The van der Waals surface area contributed by atoms with Crippen LogP contribution in [0.1, 0.15) is 5.56 Å². The van der Waals surface area contributed by atoms with Crippen molar-refractivity contribution in [3.63, 3.8) is 0 Å². The molecule has 1 fully saturated rings. The van der Waals surface area contributed by atoms with Gasteiger partial charge in [0.1, 0.15) is 11.5 Å². The van der Waals surface area contributed by atoms with Crippen LogP contribution in [0.25, 0.3) is 6.08 Å². The van der Waals surface area contributed by atoms with E-state index >= 15 is 0 Å². The molecule has 0 spiro atoms. The maximum absolute atomic E-state index is 12.1. The van der Waals surface area contributed by atoms with Crippen molar-refractivity contribution in [2.24, 2.45) is 0 Å². The number of hydrogen-bond acceptors (Lipinski definition) is 5. The van der Waals surface area contributed by atoms with E-state index < -0.39 is 0 Å². The highest BCUT2D eigenvalue weighted by molar-refractivity contribution is 8.18. The number of ether oxygens (including phenoxy) is 2. The SMILES string of the molecule is C=CCN1C(=O)SC(=Cc2ccc(OC)cc2OC)C1=O. The van der Waals surface area contributed by atoms with E-state index in [-0.39, 0.29) is 17.7 Å². The van der Waals surface area contributed by atoms with Crippen LogP contribution in [0, 0.1) is 0 Å². The summed E-state index contributed by atoms with van der Waals surface area (Å²) in [5, 5.41) is -0.293. The van der Waals surface area contributed by atoms with E-state index in [1.165, 1.54) is 13.2 Å². The van der Waals surface area contributed by atoms with E-state index in [1.807, 2.05) is 0 Å². The summed E-state index contributed by atoms with van der Waals surface area (Å²) >= 11 is 0.910. The number of methoxy groups -OCH3 is 2. The lowest BCUT2D eigenvalue weighted by Gasteiger charge is -2.09. The minimum Gasteiger partial charge on any atom is -0.497 e. The van der Waals surface area contributed by atoms with Crippen LogP contribution in [0.5, 0.6) is 11.5 Å². The summed E-state index contributed by atoms with van der Waals surface area (Å²) in [5.74, 6) is 0.913. The Morgan fingerprint density at radius 2 is 2.05 bits per heavy atom. The lowest BCUT2D eigenvalue weighted by molar-refractivity contribution is -0.122. The number of thioether (sulfide) groups is 1. The van der Waals surface area contributed by atoms with Gasteiger partial charge in [0.15, 0.2) is 0 Å². The van der Waals surface area contributed by atoms with Crippen molar-refractivity contribution in [2.75, 3.05) is 20.8 Å². The van der Waals surface area contributed by atoms with Gasteiger partial charge in [-0.1, -0.05) is 6.08 Å². The van der Waals surface area contributed by atoms with Crippen molar-refractivity contribution in [3.8, 4) is 11.5 Å². The zero-order valence-corrected chi connectivity index (χ0v) is 12.6. The standard InChI is InChI=1S/C15H15NO4S/c1-4-7-16-14(17)13(21-15(16)18)8-10-5-6-11(19-2)9-12(10)20-3/h4-6,8-9H,1,7H2,2-3H3. The fraction of sp³-hybridized carbons (Fsp3) is 0.200. The molecule has 1 heterocycles. The fourth-order valence-corrected chi connectivity index (χ4v) is 2.70. The average Bonchev–Trinajstić information content (AvgIpc) is 2.75. The summed E-state index contributed by atoms with van der Waals surface area (Å²) in [6, 6.07) is 5.27. The first-order chi connectivity index (χ1) is 10.1. The number of rotatable bonds is 5. The van der Waals surface area contributed by atoms with E-state index in [9.17, 15) is 9.59 Å². The minimum absolute atomic E-state index is 0.210. The Bertz CT molecular complexity index is 624. The summed E-state index contributed by atoms with van der Waals surface area (Å²) in [6.07, 6.45) is 3.17. The van der Waals surface area contributed by atoms with E-state index in [2.05, 4.69) is 6.58 Å². The van der Waals surface area contributed by atoms with E-state index in [4.69, 9.17) is 9.47 Å². The van der Waals surface area contributed by atoms with Crippen LogP contribution in [0.15, 0.2) is 35.8 Å². The summed E-state index contributed by atoms with van der Waals surface area (Å²) in [6.45, 7) is 3.75. The summed E-state index contributed by atoms with van der Waals surface area (Å²) < 4.78 is 10.4. The van der Waals surface area contributed by atoms with Crippen LogP contribution in [-0.4, -0.2) is 36.8 Å². The maximum Gasteiger partial charge on any atom is 0.293 e. The molecule has 6 heteroatoms. The molecule has 0 aliphatic carbocycles. The number of imide groups is 1. The zero-order chi connectivity index (χ0) is 15.4. The Hall–Kier alpha value is -2.21. The quantitative estimate of drug-likeness (QED) is 0.618. The molecule has 1 aromatic rings. The molecule has 1 aliphatic rings. The molecule has 0 unspecified atom stereocenters. The van der Waals surface area contributed by atoms with Gasteiger partial charge in [-0.15, -0.1) is 6.58 Å². The smallest absolute Gasteiger partial charge is 0.293 e. The van der Waals surface area contributed by atoms with Crippen molar-refractivity contribution in [2.45, 2.75) is 0 Å². The molecular weight excluding hydrogens is 290 g/mol. The van der Waals surface area contributed by atoms with Crippen molar-refractivity contribution in [3.05, 3.63) is 41.3 Å². The van der Waals surface area contributed by atoms with E-state index in [1.54, 1.807) is 31.4 Å². The number of carbonyl (C=O) groups is 2. The predicted molar refractivity (Wildman–Crippen MR) is 82.4 cm³/mol. The molecule has 110 valence electrons. The summed E-state index contributed by atoms with van der Waals surface area (Å²) in [5.41, 5.74) is 0.711. The number of carbonyl (C=O) groups excluding carboxylic acids is 2. The van der Waals surface area contributed by atoms with Gasteiger partial charge in [-0.3, -0.25) is 14.5 Å². The molecule has 1 saturated heterocycles. The maximum atomic E-state index is 12.1. The fourth-order valence-electron chi connectivity index (χ4n) is 1.87. The highest BCUT2D eigenvalue weighted by Gasteiger charge is 2.34. The Labute approximate surface area is 127 Å². The van der Waals surface area contributed by atoms with Crippen molar-refractivity contribution >= 4 is 29.0 Å². The lowest BCUT2D eigenvalue weighted by Crippen LogP contribution is -2.27. The second kappa shape index (κ2) is 6.49. The van der Waals surface area contributed by atoms with Crippen LogP contribution >= 0.6 is 11.8 Å². The van der Waals surface area contributed by atoms with Crippen LogP contribution < -0.4 is 9.47 Å². The largest absolute Gasteiger partial charge is 0.497 e. The normalized spacial score (nSPS) is 16.5. The van der Waals surface area contributed by atoms with Gasteiger partial charge in [0.05, 0.1) is 19.1 Å². The molecule has 1 aromatic carbocycles. The molecule has 0 N–H and O–H groups in total. The molecule has 0 atom stereocenters. The van der Waals surface area contributed by atoms with Crippen molar-refractivity contribution < 1.29 is 19.1 Å². The highest BCUT2D eigenvalue weighted by atomic mass is 32.2. The highest BCUT2D eigenvalue weighted by Crippen LogP contribution is 2.34. The molecule has 0 saturated carbocycles. The first kappa shape index (κ1) is 15.2. The van der Waals surface area contributed by atoms with Crippen LogP contribution in [0.2, 0.25) is 0 Å². The van der Waals surface area contributed by atoms with Gasteiger partial charge < -0.3 is 9.47 Å². The Balaban J connectivity index is 2.34. The van der Waals surface area contributed by atoms with Gasteiger partial charge >= 0.3 is 0 Å². The summed E-state index contributed by atoms with van der Waals surface area (Å²) in [7, 11) is 3.10. The third-order valence-electron chi connectivity index (χ3n) is 2.91. The Morgan fingerprint density at radius 3 is 2.67 bits per heavy atom. The summed E-state index contributed by atoms with van der Waals surface area (Å²) in [4.78, 5) is 25.4. The van der Waals surface area contributed by atoms with E-state index in [0.717, 1.165) is 16.7 Å². The molecule has 5 nitrogen and oxygen atoms in total. The van der Waals surface area contributed by atoms with E-state index in [0.29, 0.717) is 22.0 Å². The number of hydrogen-bond donors (Lipinski definition) is 0. The van der Waals surface area contributed by atoms with Crippen LogP contribution in [0.3, 0.4) is 0 Å². The molecular formula is C15H15NO4S. The molecule has 0 bridgehead atoms. The van der Waals surface area contributed by atoms with Gasteiger partial charge in [0.2, 0.25) is 0 Å². The molecule has 0 aromatic heterocycles. The second-order valence-corrected chi connectivity index (χ2v) is 5.18. The van der Waals surface area contributed by atoms with Crippen molar-refractivity contribution in [1.29, 1.82) is 0 Å². The third-order valence-corrected chi connectivity index (χ3v) is 3.82. The van der Waals surface area contributed by atoms with Gasteiger partial charge in [0, 0.05) is 18.2 Å².